The number of benzene rings is 1. The Balaban J connectivity index is 2.49. The van der Waals surface area contributed by atoms with Crippen molar-refractivity contribution in [3.05, 3.63) is 40.7 Å². The molecule has 0 unspecified atom stereocenters. The van der Waals surface area contributed by atoms with E-state index in [4.69, 9.17) is 9.47 Å². The van der Waals surface area contributed by atoms with Crippen LogP contribution in [0.5, 0.6) is 17.4 Å². The van der Waals surface area contributed by atoms with E-state index in [1.165, 1.54) is 18.3 Å². The number of nitro groups is 1. The van der Waals surface area contributed by atoms with E-state index in [9.17, 15) is 10.1 Å². The van der Waals surface area contributed by atoms with E-state index >= 15 is 0 Å². The highest BCUT2D eigenvalue weighted by Gasteiger charge is 2.26. The van der Waals surface area contributed by atoms with Gasteiger partial charge in [-0.1, -0.05) is 12.1 Å². The first-order chi connectivity index (χ1) is 10.0. The van der Waals surface area contributed by atoms with Gasteiger partial charge in [-0.3, -0.25) is 10.1 Å². The monoisotopic (exact) mass is 290 g/mol. The van der Waals surface area contributed by atoms with Crippen molar-refractivity contribution in [2.24, 2.45) is 0 Å². The second kappa shape index (κ2) is 6.04. The molecule has 2 rings (SSSR count). The summed E-state index contributed by atoms with van der Waals surface area (Å²) in [7, 11) is 4.80. The lowest BCUT2D eigenvalue weighted by Crippen LogP contribution is -2.14. The molecule has 0 saturated heterocycles. The summed E-state index contributed by atoms with van der Waals surface area (Å²) in [5.41, 5.74) is -0.298. The van der Waals surface area contributed by atoms with Crippen LogP contribution in [-0.2, 0) is 0 Å². The Morgan fingerprint density at radius 2 is 1.86 bits per heavy atom. The van der Waals surface area contributed by atoms with Crippen molar-refractivity contribution in [2.75, 3.05) is 26.1 Å². The van der Waals surface area contributed by atoms with E-state index in [0.29, 0.717) is 11.5 Å². The van der Waals surface area contributed by atoms with Crippen molar-refractivity contribution in [2.45, 2.75) is 0 Å². The third-order valence-electron chi connectivity index (χ3n) is 2.65. The first-order valence-corrected chi connectivity index (χ1v) is 6.02. The molecule has 0 spiro atoms. The van der Waals surface area contributed by atoms with Crippen molar-refractivity contribution in [3.8, 4) is 17.4 Å². The first-order valence-electron chi connectivity index (χ1n) is 6.02. The van der Waals surface area contributed by atoms with Gasteiger partial charge in [0.2, 0.25) is 5.82 Å². The normalized spacial score (nSPS) is 10.0. The summed E-state index contributed by atoms with van der Waals surface area (Å²) in [6.45, 7) is 0. The molecule has 0 bridgehead atoms. The highest BCUT2D eigenvalue weighted by atomic mass is 16.6. The fraction of sp³-hybridized carbons (Fsp3) is 0.231. The van der Waals surface area contributed by atoms with Crippen LogP contribution >= 0.6 is 0 Å². The van der Waals surface area contributed by atoms with Gasteiger partial charge in [-0.25, -0.2) is 4.98 Å². The number of hydrogen-bond acceptors (Lipinski definition) is 7. The van der Waals surface area contributed by atoms with Crippen LogP contribution in [0.4, 0.5) is 11.5 Å². The minimum Gasteiger partial charge on any atom is -0.493 e. The second-order valence-electron chi connectivity index (χ2n) is 4.26. The van der Waals surface area contributed by atoms with Crippen LogP contribution < -0.4 is 14.4 Å². The lowest BCUT2D eigenvalue weighted by molar-refractivity contribution is -0.385. The van der Waals surface area contributed by atoms with Gasteiger partial charge in [0.15, 0.2) is 11.5 Å². The molecule has 0 atom stereocenters. The van der Waals surface area contributed by atoms with Crippen molar-refractivity contribution in [1.82, 2.24) is 9.97 Å². The van der Waals surface area contributed by atoms with Gasteiger partial charge in [-0.05, 0) is 12.1 Å². The smallest absolute Gasteiger partial charge is 0.373 e. The maximum atomic E-state index is 11.3. The van der Waals surface area contributed by atoms with Crippen LogP contribution in [0.2, 0.25) is 0 Å². The summed E-state index contributed by atoms with van der Waals surface area (Å²) in [5, 5.41) is 11.3. The fourth-order valence-corrected chi connectivity index (χ4v) is 1.72. The number of ether oxygens (including phenoxy) is 2. The maximum absolute atomic E-state index is 11.3. The fourth-order valence-electron chi connectivity index (χ4n) is 1.72. The molecule has 0 saturated carbocycles. The minimum atomic E-state index is -0.569. The predicted octanol–water partition coefficient (Wildman–Crippen LogP) is 2.25. The Labute approximate surface area is 121 Å². The molecule has 0 aliphatic heterocycles. The number of rotatable bonds is 5. The Morgan fingerprint density at radius 1 is 1.19 bits per heavy atom. The zero-order chi connectivity index (χ0) is 15.4. The van der Waals surface area contributed by atoms with Crippen molar-refractivity contribution in [1.29, 1.82) is 0 Å². The highest BCUT2D eigenvalue weighted by molar-refractivity contribution is 5.63. The Kier molecular flexibility index (Phi) is 4.17. The summed E-state index contributed by atoms with van der Waals surface area (Å²) in [5.74, 6) is 0.825. The summed E-state index contributed by atoms with van der Waals surface area (Å²) in [4.78, 5) is 20.0. The maximum Gasteiger partial charge on any atom is 0.373 e. The van der Waals surface area contributed by atoms with E-state index in [1.54, 1.807) is 38.4 Å². The number of methoxy groups -OCH3 is 1. The molecule has 1 aromatic heterocycles. The molecule has 8 heteroatoms. The average Bonchev–Trinajstić information content (AvgIpc) is 2.47. The molecule has 0 radical (unpaired) electrons. The number of hydrogen-bond donors (Lipinski definition) is 0. The lowest BCUT2D eigenvalue weighted by atomic mass is 10.3. The van der Waals surface area contributed by atoms with Crippen LogP contribution in [0.1, 0.15) is 0 Å². The third kappa shape index (κ3) is 2.99. The summed E-state index contributed by atoms with van der Waals surface area (Å²) < 4.78 is 10.7. The summed E-state index contributed by atoms with van der Waals surface area (Å²) in [6.07, 6.45) is 1.22. The van der Waals surface area contributed by atoms with Gasteiger partial charge in [0, 0.05) is 14.1 Å². The topological polar surface area (TPSA) is 90.6 Å². The molecule has 0 fully saturated rings. The van der Waals surface area contributed by atoms with Crippen LogP contribution in [0.25, 0.3) is 0 Å². The van der Waals surface area contributed by atoms with Gasteiger partial charge in [0.25, 0.3) is 0 Å². The summed E-state index contributed by atoms with van der Waals surface area (Å²) in [6, 6.07) is 6.83. The first kappa shape index (κ1) is 14.5. The largest absolute Gasteiger partial charge is 0.493 e. The van der Waals surface area contributed by atoms with Gasteiger partial charge in [0.1, 0.15) is 6.33 Å². The zero-order valence-corrected chi connectivity index (χ0v) is 11.8. The van der Waals surface area contributed by atoms with Gasteiger partial charge < -0.3 is 14.4 Å². The van der Waals surface area contributed by atoms with E-state index in [1.807, 2.05) is 0 Å². The predicted molar refractivity (Wildman–Crippen MR) is 76.1 cm³/mol. The quantitative estimate of drug-likeness (QED) is 0.616. The Hall–Kier alpha value is -2.90. The molecule has 0 amide bonds. The molecular weight excluding hydrogens is 276 g/mol. The SMILES string of the molecule is COc1ccccc1Oc1ncnc(N(C)C)c1[N+](=O)[O-]. The van der Waals surface area contributed by atoms with E-state index < -0.39 is 4.92 Å². The standard InChI is InChI=1S/C13H14N4O4/c1-16(2)12-11(17(18)19)13(15-8-14-12)21-10-7-5-4-6-9(10)20-3/h4-8H,1-3H3. The van der Waals surface area contributed by atoms with Crippen LogP contribution in [0, 0.1) is 10.1 Å². The lowest BCUT2D eigenvalue weighted by Gasteiger charge is -2.13. The molecular formula is C13H14N4O4. The van der Waals surface area contributed by atoms with Crippen LogP contribution in [0.3, 0.4) is 0 Å². The van der Waals surface area contributed by atoms with Crippen molar-refractivity contribution < 1.29 is 14.4 Å². The van der Waals surface area contributed by atoms with E-state index in [-0.39, 0.29) is 17.4 Å². The number of para-hydroxylation sites is 2. The van der Waals surface area contributed by atoms with Crippen molar-refractivity contribution in [3.63, 3.8) is 0 Å². The van der Waals surface area contributed by atoms with Gasteiger partial charge >= 0.3 is 11.6 Å². The molecule has 0 aliphatic rings. The van der Waals surface area contributed by atoms with Gasteiger partial charge in [-0.2, -0.15) is 4.98 Å². The molecule has 0 N–H and O–H groups in total. The zero-order valence-electron chi connectivity index (χ0n) is 11.8. The molecule has 2 aromatic rings. The average molecular weight is 290 g/mol. The number of anilines is 1. The highest BCUT2D eigenvalue weighted by Crippen LogP contribution is 2.37. The van der Waals surface area contributed by atoms with Crippen LogP contribution in [0.15, 0.2) is 30.6 Å². The molecule has 1 heterocycles. The molecule has 8 nitrogen and oxygen atoms in total. The summed E-state index contributed by atoms with van der Waals surface area (Å²) >= 11 is 0. The Morgan fingerprint density at radius 3 is 2.43 bits per heavy atom. The molecule has 0 aliphatic carbocycles. The third-order valence-corrected chi connectivity index (χ3v) is 2.65. The van der Waals surface area contributed by atoms with Gasteiger partial charge in [-0.15, -0.1) is 0 Å². The number of aromatic nitrogens is 2. The van der Waals surface area contributed by atoms with Crippen molar-refractivity contribution >= 4 is 11.5 Å². The number of nitrogens with zero attached hydrogens (tertiary/aromatic N) is 4. The second-order valence-corrected chi connectivity index (χ2v) is 4.26. The minimum absolute atomic E-state index is 0.136. The molecule has 1 aromatic carbocycles. The van der Waals surface area contributed by atoms with Gasteiger partial charge in [0.05, 0.1) is 12.0 Å². The van der Waals surface area contributed by atoms with Crippen LogP contribution in [-0.4, -0.2) is 36.1 Å². The van der Waals surface area contributed by atoms with E-state index in [0.717, 1.165) is 0 Å². The molecule has 110 valence electrons. The molecule has 21 heavy (non-hydrogen) atoms. The Bertz CT molecular complexity index is 660. The van der Waals surface area contributed by atoms with E-state index in [2.05, 4.69) is 9.97 Å².